The lowest BCUT2D eigenvalue weighted by Gasteiger charge is -2.26. The van der Waals surface area contributed by atoms with Crippen LogP contribution in [0.4, 0.5) is 8.78 Å². The van der Waals surface area contributed by atoms with Crippen molar-refractivity contribution in [3.05, 3.63) is 71.2 Å². The van der Waals surface area contributed by atoms with E-state index in [1.165, 1.54) is 24.3 Å². The van der Waals surface area contributed by atoms with Crippen LogP contribution in [0.15, 0.2) is 42.5 Å². The highest BCUT2D eigenvalue weighted by Crippen LogP contribution is 2.28. The fraction of sp³-hybridized carbons (Fsp3) is 0.238. The lowest BCUT2D eigenvalue weighted by molar-refractivity contribution is 0.255. The number of nitrogens with zero attached hydrogens (tertiary/aromatic N) is 3. The Morgan fingerprint density at radius 2 is 1.96 bits per heavy atom. The van der Waals surface area contributed by atoms with Gasteiger partial charge in [-0.3, -0.25) is 10.00 Å². The fourth-order valence-electron chi connectivity index (χ4n) is 3.83. The van der Waals surface area contributed by atoms with Gasteiger partial charge in [-0.05, 0) is 30.3 Å². The summed E-state index contributed by atoms with van der Waals surface area (Å²) >= 11 is 0. The van der Waals surface area contributed by atoms with Crippen LogP contribution in [0.25, 0.3) is 22.3 Å². The smallest absolute Gasteiger partial charge is 0.125 e. The quantitative estimate of drug-likeness (QED) is 0.567. The average Bonchev–Trinajstić information content (AvgIpc) is 3.29. The number of halogens is 2. The number of H-pyrrole nitrogens is 2. The maximum Gasteiger partial charge on any atom is 0.125 e. The molecule has 5 rings (SSSR count). The Morgan fingerprint density at radius 1 is 1.07 bits per heavy atom. The standard InChI is InChI=1S/C21H19F2N5/c22-14-3-1-2-13(10-14)21-16-12-28(8-6-17(16)26-27-21)9-7-20-24-18-5-4-15(23)11-19(18)25-20/h1-5,10-11H,6-9,12H2,(H,24,25)(H,26,27). The summed E-state index contributed by atoms with van der Waals surface area (Å²) in [6.45, 7) is 2.51. The van der Waals surface area contributed by atoms with Gasteiger partial charge in [0.2, 0.25) is 0 Å². The van der Waals surface area contributed by atoms with Gasteiger partial charge in [0.25, 0.3) is 0 Å². The Kier molecular flexibility index (Phi) is 4.16. The van der Waals surface area contributed by atoms with Gasteiger partial charge in [-0.1, -0.05) is 12.1 Å². The molecule has 2 aromatic carbocycles. The number of benzene rings is 2. The van der Waals surface area contributed by atoms with Crippen molar-refractivity contribution in [1.29, 1.82) is 0 Å². The second kappa shape index (κ2) is 6.83. The third kappa shape index (κ3) is 3.18. The number of rotatable bonds is 4. The van der Waals surface area contributed by atoms with Crippen LogP contribution in [0.3, 0.4) is 0 Å². The van der Waals surface area contributed by atoms with Gasteiger partial charge in [-0.15, -0.1) is 0 Å². The van der Waals surface area contributed by atoms with Gasteiger partial charge in [0.1, 0.15) is 17.5 Å². The molecule has 0 saturated heterocycles. The van der Waals surface area contributed by atoms with Gasteiger partial charge in [-0.25, -0.2) is 13.8 Å². The molecule has 4 aromatic rings. The summed E-state index contributed by atoms with van der Waals surface area (Å²) in [7, 11) is 0. The minimum absolute atomic E-state index is 0.261. The van der Waals surface area contributed by atoms with E-state index < -0.39 is 0 Å². The number of aromatic nitrogens is 4. The summed E-state index contributed by atoms with van der Waals surface area (Å²) in [5.74, 6) is 0.322. The topological polar surface area (TPSA) is 60.6 Å². The molecule has 0 aliphatic carbocycles. The zero-order valence-corrected chi connectivity index (χ0v) is 15.2. The molecule has 0 spiro atoms. The number of hydrogen-bond acceptors (Lipinski definition) is 3. The molecule has 0 atom stereocenters. The van der Waals surface area contributed by atoms with Gasteiger partial charge >= 0.3 is 0 Å². The summed E-state index contributed by atoms with van der Waals surface area (Å²) in [6, 6.07) is 11.1. The molecule has 1 aliphatic heterocycles. The maximum atomic E-state index is 13.6. The molecular weight excluding hydrogens is 360 g/mol. The van der Waals surface area contributed by atoms with Crippen LogP contribution < -0.4 is 0 Å². The zero-order chi connectivity index (χ0) is 19.1. The maximum absolute atomic E-state index is 13.6. The van der Waals surface area contributed by atoms with Gasteiger partial charge in [0.05, 0.1) is 16.7 Å². The second-order valence-electron chi connectivity index (χ2n) is 7.16. The molecule has 7 heteroatoms. The molecule has 142 valence electrons. The lowest BCUT2D eigenvalue weighted by atomic mass is 10.0. The third-order valence-electron chi connectivity index (χ3n) is 5.27. The van der Waals surface area contributed by atoms with E-state index in [1.54, 1.807) is 12.1 Å². The van der Waals surface area contributed by atoms with Gasteiger partial charge in [-0.2, -0.15) is 5.10 Å². The van der Waals surface area contributed by atoms with E-state index >= 15 is 0 Å². The van der Waals surface area contributed by atoms with E-state index in [-0.39, 0.29) is 11.6 Å². The highest BCUT2D eigenvalue weighted by molar-refractivity contribution is 5.74. The first kappa shape index (κ1) is 17.1. The Hall–Kier alpha value is -3.06. The summed E-state index contributed by atoms with van der Waals surface area (Å²) in [6.07, 6.45) is 1.63. The molecule has 2 aromatic heterocycles. The molecule has 0 amide bonds. The van der Waals surface area contributed by atoms with E-state index in [0.29, 0.717) is 0 Å². The molecule has 1 aliphatic rings. The van der Waals surface area contributed by atoms with Crippen LogP contribution >= 0.6 is 0 Å². The van der Waals surface area contributed by atoms with Crippen molar-refractivity contribution in [2.75, 3.05) is 13.1 Å². The highest BCUT2D eigenvalue weighted by Gasteiger charge is 2.23. The molecule has 0 unspecified atom stereocenters. The van der Waals surface area contributed by atoms with Crippen molar-refractivity contribution in [2.45, 2.75) is 19.4 Å². The van der Waals surface area contributed by atoms with E-state index in [0.717, 1.165) is 71.8 Å². The molecule has 0 fully saturated rings. The minimum Gasteiger partial charge on any atom is -0.342 e. The van der Waals surface area contributed by atoms with Crippen LogP contribution in [0.5, 0.6) is 0 Å². The van der Waals surface area contributed by atoms with E-state index in [4.69, 9.17) is 0 Å². The Labute approximate surface area is 160 Å². The molecule has 5 nitrogen and oxygen atoms in total. The zero-order valence-electron chi connectivity index (χ0n) is 15.2. The van der Waals surface area contributed by atoms with E-state index in [1.807, 2.05) is 6.07 Å². The third-order valence-corrected chi connectivity index (χ3v) is 5.27. The van der Waals surface area contributed by atoms with Crippen molar-refractivity contribution in [3.63, 3.8) is 0 Å². The summed E-state index contributed by atoms with van der Waals surface area (Å²) in [5.41, 5.74) is 5.36. The van der Waals surface area contributed by atoms with E-state index in [2.05, 4.69) is 25.1 Å². The molecule has 0 saturated carbocycles. The largest absolute Gasteiger partial charge is 0.342 e. The highest BCUT2D eigenvalue weighted by atomic mass is 19.1. The first-order chi connectivity index (χ1) is 13.7. The summed E-state index contributed by atoms with van der Waals surface area (Å²) in [5, 5.41) is 7.53. The Balaban J connectivity index is 1.32. The number of imidazole rings is 1. The SMILES string of the molecule is Fc1cccc(-c2n[nH]c3c2CN(CCc2nc4ccc(F)cc4[nH]2)CC3)c1. The Morgan fingerprint density at radius 3 is 2.86 bits per heavy atom. The predicted molar refractivity (Wildman–Crippen MR) is 103 cm³/mol. The van der Waals surface area contributed by atoms with Gasteiger partial charge < -0.3 is 4.98 Å². The normalized spacial score (nSPS) is 14.5. The lowest BCUT2D eigenvalue weighted by Crippen LogP contribution is -2.32. The van der Waals surface area contributed by atoms with Crippen molar-refractivity contribution >= 4 is 11.0 Å². The number of nitrogens with one attached hydrogen (secondary N) is 2. The average molecular weight is 379 g/mol. The Bertz CT molecular complexity index is 1150. The van der Waals surface area contributed by atoms with Crippen LogP contribution in [-0.4, -0.2) is 38.2 Å². The fourth-order valence-corrected chi connectivity index (χ4v) is 3.83. The van der Waals surface area contributed by atoms with Crippen molar-refractivity contribution in [2.24, 2.45) is 0 Å². The monoisotopic (exact) mass is 379 g/mol. The minimum atomic E-state index is -0.268. The molecule has 0 bridgehead atoms. The summed E-state index contributed by atoms with van der Waals surface area (Å²) in [4.78, 5) is 10.1. The number of aromatic amines is 2. The molecule has 3 heterocycles. The second-order valence-corrected chi connectivity index (χ2v) is 7.16. The first-order valence-corrected chi connectivity index (χ1v) is 9.34. The van der Waals surface area contributed by atoms with Crippen LogP contribution in [-0.2, 0) is 19.4 Å². The van der Waals surface area contributed by atoms with Crippen molar-refractivity contribution in [1.82, 2.24) is 25.1 Å². The molecule has 28 heavy (non-hydrogen) atoms. The van der Waals surface area contributed by atoms with Gasteiger partial charge in [0.15, 0.2) is 0 Å². The predicted octanol–water partition coefficient (Wildman–Crippen LogP) is 3.83. The summed E-state index contributed by atoms with van der Waals surface area (Å²) < 4.78 is 27.0. The number of hydrogen-bond donors (Lipinski definition) is 2. The van der Waals surface area contributed by atoms with Crippen LogP contribution in [0.1, 0.15) is 17.1 Å². The van der Waals surface area contributed by atoms with Crippen LogP contribution in [0, 0.1) is 11.6 Å². The van der Waals surface area contributed by atoms with E-state index in [9.17, 15) is 8.78 Å². The van der Waals surface area contributed by atoms with Gasteiger partial charge in [0, 0.05) is 49.3 Å². The van der Waals surface area contributed by atoms with Crippen LogP contribution in [0.2, 0.25) is 0 Å². The van der Waals surface area contributed by atoms with Crippen molar-refractivity contribution < 1.29 is 8.78 Å². The molecular formula is C21H19F2N5. The first-order valence-electron chi connectivity index (χ1n) is 9.34. The molecule has 2 N–H and O–H groups in total. The number of fused-ring (bicyclic) bond motifs is 2. The molecule has 0 radical (unpaired) electrons. The van der Waals surface area contributed by atoms with Crippen molar-refractivity contribution in [3.8, 4) is 11.3 Å².